The number of hydrogen-bond acceptors (Lipinski definition) is 8. The van der Waals surface area contributed by atoms with E-state index in [1.807, 2.05) is 28.7 Å². The topological polar surface area (TPSA) is 74.9 Å². The van der Waals surface area contributed by atoms with E-state index in [0.717, 1.165) is 43.0 Å². The zero-order valence-electron chi connectivity index (χ0n) is 21.8. The largest absolute Gasteiger partial charge is 0.372 e. The van der Waals surface area contributed by atoms with Crippen molar-refractivity contribution in [2.45, 2.75) is 44.9 Å². The van der Waals surface area contributed by atoms with E-state index < -0.39 is 0 Å². The van der Waals surface area contributed by atoms with Crippen LogP contribution in [0, 0.1) is 5.82 Å². The summed E-state index contributed by atoms with van der Waals surface area (Å²) in [5, 5.41) is 8.82. The lowest BCUT2D eigenvalue weighted by Gasteiger charge is -2.36. The Kier molecular flexibility index (Phi) is 6.16. The molecule has 0 saturated carbocycles. The first-order valence-electron chi connectivity index (χ1n) is 13.0. The number of aromatic nitrogens is 5. The van der Waals surface area contributed by atoms with Crippen LogP contribution in [-0.2, 0) is 4.74 Å². The van der Waals surface area contributed by atoms with Crippen LogP contribution in [0.1, 0.15) is 26.7 Å². The molecular formula is C27H33FN8O. The zero-order chi connectivity index (χ0) is 25.7. The van der Waals surface area contributed by atoms with E-state index >= 15 is 4.39 Å². The SMILES string of the molecule is C[C@@H]1CN(c2nnc3cnc4ccc(-c5ccc(N6CCC(N(C)C)CC6)c(F)c5)nc4n23)C[C@H](C)O1. The lowest BCUT2D eigenvalue weighted by molar-refractivity contribution is -0.00575. The van der Waals surface area contributed by atoms with Crippen molar-refractivity contribution < 1.29 is 9.13 Å². The van der Waals surface area contributed by atoms with Crippen LogP contribution in [0.5, 0.6) is 0 Å². The van der Waals surface area contributed by atoms with E-state index in [1.165, 1.54) is 0 Å². The van der Waals surface area contributed by atoms with Crippen molar-refractivity contribution in [1.29, 1.82) is 0 Å². The van der Waals surface area contributed by atoms with Gasteiger partial charge in [-0.1, -0.05) is 6.07 Å². The van der Waals surface area contributed by atoms with E-state index in [-0.39, 0.29) is 18.0 Å². The van der Waals surface area contributed by atoms with Gasteiger partial charge in [0.25, 0.3) is 0 Å². The van der Waals surface area contributed by atoms with Gasteiger partial charge in [-0.15, -0.1) is 10.2 Å². The number of nitrogens with zero attached hydrogens (tertiary/aromatic N) is 8. The number of hydrogen-bond donors (Lipinski definition) is 0. The van der Waals surface area contributed by atoms with Crippen molar-refractivity contribution in [3.63, 3.8) is 0 Å². The zero-order valence-corrected chi connectivity index (χ0v) is 21.8. The Morgan fingerprint density at radius 2 is 1.73 bits per heavy atom. The quantitative estimate of drug-likeness (QED) is 0.417. The molecule has 3 aromatic heterocycles. The van der Waals surface area contributed by atoms with Crippen LogP contribution in [-0.4, -0.2) is 88.0 Å². The van der Waals surface area contributed by atoms with Gasteiger partial charge in [-0.3, -0.25) is 0 Å². The van der Waals surface area contributed by atoms with Gasteiger partial charge in [-0.2, -0.15) is 0 Å². The van der Waals surface area contributed by atoms with Gasteiger partial charge in [0.2, 0.25) is 5.95 Å². The Labute approximate surface area is 215 Å². The summed E-state index contributed by atoms with van der Waals surface area (Å²) in [7, 11) is 4.22. The molecule has 0 unspecified atom stereocenters. The summed E-state index contributed by atoms with van der Waals surface area (Å²) in [5.74, 6) is 0.497. The third-order valence-electron chi connectivity index (χ3n) is 7.54. The second kappa shape index (κ2) is 9.50. The Morgan fingerprint density at radius 3 is 2.43 bits per heavy atom. The lowest BCUT2D eigenvalue weighted by Crippen LogP contribution is -2.46. The van der Waals surface area contributed by atoms with Gasteiger partial charge in [0.1, 0.15) is 11.3 Å². The maximum absolute atomic E-state index is 15.3. The summed E-state index contributed by atoms with van der Waals surface area (Å²) in [6, 6.07) is 9.79. The molecule has 194 valence electrons. The molecule has 5 heterocycles. The Morgan fingerprint density at radius 1 is 0.973 bits per heavy atom. The summed E-state index contributed by atoms with van der Waals surface area (Å²) in [6.07, 6.45) is 3.95. The molecule has 6 rings (SSSR count). The number of benzene rings is 1. The van der Waals surface area contributed by atoms with Gasteiger partial charge in [0.05, 0.1) is 29.8 Å². The molecule has 9 nitrogen and oxygen atoms in total. The molecule has 10 heteroatoms. The number of anilines is 2. The minimum atomic E-state index is -0.222. The molecule has 1 aromatic carbocycles. The number of ether oxygens (including phenoxy) is 1. The first kappa shape index (κ1) is 24.0. The van der Waals surface area contributed by atoms with Crippen molar-refractivity contribution >= 4 is 28.4 Å². The third-order valence-corrected chi connectivity index (χ3v) is 7.54. The standard InChI is InChI=1S/C27H33FN8O/c1-17-15-35(16-18(2)37-17)27-32-31-25-14-29-23-7-6-22(30-26(23)36(25)27)19-5-8-24(21(28)13-19)34-11-9-20(10-12-34)33(3)4/h5-8,13-14,17-18,20H,9-12,15-16H2,1-4H3/t17-,18+. The van der Waals surface area contributed by atoms with Gasteiger partial charge >= 0.3 is 0 Å². The smallest absolute Gasteiger partial charge is 0.233 e. The minimum absolute atomic E-state index is 0.0860. The van der Waals surface area contributed by atoms with Crippen molar-refractivity contribution in [2.24, 2.45) is 0 Å². The highest BCUT2D eigenvalue weighted by atomic mass is 19.1. The van der Waals surface area contributed by atoms with E-state index in [0.29, 0.717) is 41.8 Å². The van der Waals surface area contributed by atoms with Crippen LogP contribution >= 0.6 is 0 Å². The number of halogens is 1. The highest BCUT2D eigenvalue weighted by Gasteiger charge is 2.27. The molecule has 0 bridgehead atoms. The molecule has 4 aromatic rings. The molecule has 37 heavy (non-hydrogen) atoms. The van der Waals surface area contributed by atoms with Crippen molar-refractivity contribution in [3.05, 3.63) is 42.3 Å². The second-order valence-corrected chi connectivity index (χ2v) is 10.5. The average Bonchev–Trinajstić information content (AvgIpc) is 3.33. The molecule has 0 radical (unpaired) electrons. The maximum Gasteiger partial charge on any atom is 0.233 e. The Balaban J connectivity index is 1.34. The van der Waals surface area contributed by atoms with E-state index in [4.69, 9.17) is 9.72 Å². The Bertz CT molecular complexity index is 1420. The first-order chi connectivity index (χ1) is 17.9. The molecule has 2 saturated heterocycles. The van der Waals surface area contributed by atoms with Crippen LogP contribution in [0.15, 0.2) is 36.5 Å². The molecule has 0 amide bonds. The number of rotatable bonds is 4. The van der Waals surface area contributed by atoms with Gasteiger partial charge in [-0.25, -0.2) is 18.8 Å². The summed E-state index contributed by atoms with van der Waals surface area (Å²) >= 11 is 0. The molecule has 2 atom stereocenters. The van der Waals surface area contributed by atoms with Crippen molar-refractivity contribution in [2.75, 3.05) is 50.1 Å². The monoisotopic (exact) mass is 504 g/mol. The number of pyridine rings is 1. The molecule has 2 aliphatic rings. The fourth-order valence-electron chi connectivity index (χ4n) is 5.66. The summed E-state index contributed by atoms with van der Waals surface area (Å²) < 4.78 is 23.2. The van der Waals surface area contributed by atoms with Crippen molar-refractivity contribution in [1.82, 2.24) is 29.5 Å². The van der Waals surface area contributed by atoms with Gasteiger partial charge < -0.3 is 19.4 Å². The fraction of sp³-hybridized carbons (Fsp3) is 0.481. The highest BCUT2D eigenvalue weighted by molar-refractivity contribution is 5.79. The normalized spacial score (nSPS) is 21.5. The van der Waals surface area contributed by atoms with Gasteiger partial charge in [0.15, 0.2) is 11.3 Å². The van der Waals surface area contributed by atoms with Crippen molar-refractivity contribution in [3.8, 4) is 11.3 Å². The molecule has 0 spiro atoms. The van der Waals surface area contributed by atoms with E-state index in [9.17, 15) is 0 Å². The van der Waals surface area contributed by atoms with Crippen LogP contribution in [0.25, 0.3) is 28.1 Å². The number of fused-ring (bicyclic) bond motifs is 3. The first-order valence-corrected chi connectivity index (χ1v) is 13.0. The summed E-state index contributed by atoms with van der Waals surface area (Å²) in [4.78, 5) is 16.0. The Hall–Kier alpha value is -3.37. The molecule has 2 fully saturated rings. The van der Waals surface area contributed by atoms with Crippen LogP contribution in [0.2, 0.25) is 0 Å². The molecule has 2 aliphatic heterocycles. The summed E-state index contributed by atoms with van der Waals surface area (Å²) in [5.41, 5.74) is 4.07. The predicted octanol–water partition coefficient (Wildman–Crippen LogP) is 3.62. The number of morpholine rings is 1. The number of piperidine rings is 1. The molecule has 0 N–H and O–H groups in total. The molecular weight excluding hydrogens is 471 g/mol. The predicted molar refractivity (Wildman–Crippen MR) is 143 cm³/mol. The van der Waals surface area contributed by atoms with Gasteiger partial charge in [-0.05, 0) is 65.0 Å². The van der Waals surface area contributed by atoms with E-state index in [1.54, 1.807) is 12.3 Å². The summed E-state index contributed by atoms with van der Waals surface area (Å²) in [6.45, 7) is 7.26. The highest BCUT2D eigenvalue weighted by Crippen LogP contribution is 2.30. The second-order valence-electron chi connectivity index (χ2n) is 10.5. The lowest BCUT2D eigenvalue weighted by atomic mass is 10.0. The van der Waals surface area contributed by atoms with E-state index in [2.05, 4.69) is 57.8 Å². The minimum Gasteiger partial charge on any atom is -0.372 e. The fourth-order valence-corrected chi connectivity index (χ4v) is 5.66. The van der Waals surface area contributed by atoms with Crippen LogP contribution in [0.4, 0.5) is 16.0 Å². The third kappa shape index (κ3) is 4.48. The van der Waals surface area contributed by atoms with Crippen LogP contribution in [0.3, 0.4) is 0 Å². The average molecular weight is 505 g/mol. The van der Waals surface area contributed by atoms with Gasteiger partial charge in [0, 0.05) is 37.8 Å². The van der Waals surface area contributed by atoms with Crippen LogP contribution < -0.4 is 9.80 Å². The maximum atomic E-state index is 15.3. The molecule has 0 aliphatic carbocycles.